The molecule has 0 saturated carbocycles. The number of fused-ring (bicyclic) bond motifs is 1. The maximum Gasteiger partial charge on any atom is 0.239 e. The fourth-order valence-corrected chi connectivity index (χ4v) is 1.67. The minimum atomic E-state index is 0.265. The Morgan fingerprint density at radius 1 is 1.06 bits per heavy atom. The van der Waals surface area contributed by atoms with Gasteiger partial charge in [-0.1, -0.05) is 18.2 Å². The predicted molar refractivity (Wildman–Crippen MR) is 61.1 cm³/mol. The lowest BCUT2D eigenvalue weighted by molar-refractivity contribution is 0.889. The summed E-state index contributed by atoms with van der Waals surface area (Å²) < 4.78 is 1.65. The standard InChI is InChI=1S/C11H9N5/c12-11-14-7-16(15-11)10-5-6-13-9-4-2-1-3-8(9)10/h1-7H,(H2,12,15). The number of anilines is 1. The van der Waals surface area contributed by atoms with E-state index in [0.29, 0.717) is 0 Å². The summed E-state index contributed by atoms with van der Waals surface area (Å²) in [4.78, 5) is 8.19. The molecule has 0 amide bonds. The van der Waals surface area contributed by atoms with E-state index in [0.717, 1.165) is 16.6 Å². The number of aromatic nitrogens is 4. The van der Waals surface area contributed by atoms with Gasteiger partial charge in [0.15, 0.2) is 0 Å². The van der Waals surface area contributed by atoms with Crippen LogP contribution in [0.1, 0.15) is 0 Å². The first-order valence-corrected chi connectivity index (χ1v) is 4.86. The van der Waals surface area contributed by atoms with Gasteiger partial charge >= 0.3 is 0 Å². The summed E-state index contributed by atoms with van der Waals surface area (Å²) in [5, 5.41) is 5.11. The summed E-state index contributed by atoms with van der Waals surface area (Å²) in [7, 11) is 0. The summed E-state index contributed by atoms with van der Waals surface area (Å²) in [6, 6.07) is 9.76. The smallest absolute Gasteiger partial charge is 0.239 e. The minimum absolute atomic E-state index is 0.265. The van der Waals surface area contributed by atoms with Gasteiger partial charge in [-0.15, -0.1) is 5.10 Å². The molecule has 2 heterocycles. The fourth-order valence-electron chi connectivity index (χ4n) is 1.67. The number of nitrogen functional groups attached to an aromatic ring is 1. The van der Waals surface area contributed by atoms with Gasteiger partial charge in [-0.2, -0.15) is 0 Å². The first-order valence-electron chi connectivity index (χ1n) is 4.86. The van der Waals surface area contributed by atoms with Gasteiger partial charge in [-0.25, -0.2) is 9.67 Å². The van der Waals surface area contributed by atoms with Crippen LogP contribution in [0.4, 0.5) is 5.95 Å². The topological polar surface area (TPSA) is 69.6 Å². The van der Waals surface area contributed by atoms with Crippen molar-refractivity contribution in [1.82, 2.24) is 19.7 Å². The van der Waals surface area contributed by atoms with E-state index in [9.17, 15) is 0 Å². The van der Waals surface area contributed by atoms with Crippen LogP contribution in [0.15, 0.2) is 42.9 Å². The maximum atomic E-state index is 5.50. The Bertz CT molecular complexity index is 638. The molecule has 5 nitrogen and oxygen atoms in total. The molecule has 0 aliphatic heterocycles. The molecule has 78 valence electrons. The van der Waals surface area contributed by atoms with Crippen LogP contribution in [0.3, 0.4) is 0 Å². The third-order valence-corrected chi connectivity index (χ3v) is 2.38. The van der Waals surface area contributed by atoms with Crippen LogP contribution >= 0.6 is 0 Å². The number of nitrogens with zero attached hydrogens (tertiary/aromatic N) is 4. The highest BCUT2D eigenvalue weighted by Crippen LogP contribution is 2.19. The summed E-state index contributed by atoms with van der Waals surface area (Å²) in [5.41, 5.74) is 7.35. The normalized spacial score (nSPS) is 10.8. The molecule has 0 fully saturated rings. The number of nitrogens with two attached hydrogens (primary N) is 1. The van der Waals surface area contributed by atoms with Crippen molar-refractivity contribution in [3.63, 3.8) is 0 Å². The predicted octanol–water partition coefficient (Wildman–Crippen LogP) is 1.40. The molecule has 5 heteroatoms. The lowest BCUT2D eigenvalue weighted by Gasteiger charge is -2.04. The molecule has 2 aromatic heterocycles. The molecule has 0 unspecified atom stereocenters. The highest BCUT2D eigenvalue weighted by molar-refractivity contribution is 5.86. The van der Waals surface area contributed by atoms with E-state index in [1.54, 1.807) is 17.2 Å². The van der Waals surface area contributed by atoms with E-state index in [1.165, 1.54) is 0 Å². The Kier molecular flexibility index (Phi) is 1.83. The lowest BCUT2D eigenvalue weighted by atomic mass is 10.2. The molecular weight excluding hydrogens is 202 g/mol. The Hall–Kier alpha value is -2.43. The number of hydrogen-bond acceptors (Lipinski definition) is 4. The molecule has 0 bridgehead atoms. The second kappa shape index (κ2) is 3.30. The lowest BCUT2D eigenvalue weighted by Crippen LogP contribution is -1.97. The van der Waals surface area contributed by atoms with Crippen LogP contribution in [-0.4, -0.2) is 19.7 Å². The van der Waals surface area contributed by atoms with Crippen LogP contribution in [0.25, 0.3) is 16.6 Å². The van der Waals surface area contributed by atoms with Crippen molar-refractivity contribution in [2.45, 2.75) is 0 Å². The van der Waals surface area contributed by atoms with Crippen molar-refractivity contribution in [3.05, 3.63) is 42.9 Å². The molecule has 3 aromatic rings. The van der Waals surface area contributed by atoms with Crippen molar-refractivity contribution in [2.75, 3.05) is 5.73 Å². The van der Waals surface area contributed by atoms with E-state index < -0.39 is 0 Å². The first-order chi connectivity index (χ1) is 7.84. The van der Waals surface area contributed by atoms with E-state index in [4.69, 9.17) is 5.73 Å². The molecule has 0 spiro atoms. The Labute approximate surface area is 91.6 Å². The quantitative estimate of drug-likeness (QED) is 0.660. The molecular formula is C11H9N5. The summed E-state index contributed by atoms with van der Waals surface area (Å²) >= 11 is 0. The first kappa shape index (κ1) is 8.84. The van der Waals surface area contributed by atoms with Gasteiger partial charge in [0.1, 0.15) is 6.33 Å². The number of rotatable bonds is 1. The zero-order chi connectivity index (χ0) is 11.0. The molecule has 0 saturated heterocycles. The average Bonchev–Trinajstić information content (AvgIpc) is 2.75. The van der Waals surface area contributed by atoms with Gasteiger partial charge in [0, 0.05) is 11.6 Å². The summed E-state index contributed by atoms with van der Waals surface area (Å²) in [5.74, 6) is 0.265. The van der Waals surface area contributed by atoms with Crippen molar-refractivity contribution in [1.29, 1.82) is 0 Å². The third-order valence-electron chi connectivity index (χ3n) is 2.38. The van der Waals surface area contributed by atoms with Gasteiger partial charge < -0.3 is 5.73 Å². The highest BCUT2D eigenvalue weighted by Gasteiger charge is 2.04. The van der Waals surface area contributed by atoms with E-state index in [1.807, 2.05) is 30.3 Å². The van der Waals surface area contributed by atoms with Crippen molar-refractivity contribution < 1.29 is 0 Å². The summed E-state index contributed by atoms with van der Waals surface area (Å²) in [6.07, 6.45) is 3.34. The van der Waals surface area contributed by atoms with Gasteiger partial charge in [0.2, 0.25) is 5.95 Å². The monoisotopic (exact) mass is 211 g/mol. The van der Waals surface area contributed by atoms with Crippen LogP contribution in [0.5, 0.6) is 0 Å². The van der Waals surface area contributed by atoms with E-state index in [-0.39, 0.29) is 5.95 Å². The van der Waals surface area contributed by atoms with Gasteiger partial charge in [0.05, 0.1) is 11.2 Å². The Morgan fingerprint density at radius 2 is 1.94 bits per heavy atom. The molecule has 1 aromatic carbocycles. The van der Waals surface area contributed by atoms with Crippen LogP contribution in [-0.2, 0) is 0 Å². The van der Waals surface area contributed by atoms with E-state index in [2.05, 4.69) is 15.1 Å². The van der Waals surface area contributed by atoms with Gasteiger partial charge in [0.25, 0.3) is 0 Å². The highest BCUT2D eigenvalue weighted by atomic mass is 15.4. The third kappa shape index (κ3) is 1.30. The van der Waals surface area contributed by atoms with Gasteiger partial charge in [-0.3, -0.25) is 4.98 Å². The van der Waals surface area contributed by atoms with Gasteiger partial charge in [-0.05, 0) is 12.1 Å². The summed E-state index contributed by atoms with van der Waals surface area (Å²) in [6.45, 7) is 0. The van der Waals surface area contributed by atoms with Crippen LogP contribution < -0.4 is 5.73 Å². The minimum Gasteiger partial charge on any atom is -0.366 e. The maximum absolute atomic E-state index is 5.50. The van der Waals surface area contributed by atoms with Crippen LogP contribution in [0.2, 0.25) is 0 Å². The molecule has 0 atom stereocenters. The average molecular weight is 211 g/mol. The van der Waals surface area contributed by atoms with Crippen molar-refractivity contribution in [3.8, 4) is 5.69 Å². The second-order valence-corrected chi connectivity index (χ2v) is 3.39. The second-order valence-electron chi connectivity index (χ2n) is 3.39. The molecule has 16 heavy (non-hydrogen) atoms. The zero-order valence-corrected chi connectivity index (χ0v) is 8.41. The van der Waals surface area contributed by atoms with Crippen LogP contribution in [0, 0.1) is 0 Å². The molecule has 0 aliphatic rings. The number of hydrogen-bond donors (Lipinski definition) is 1. The van der Waals surface area contributed by atoms with Crippen molar-refractivity contribution >= 4 is 16.9 Å². The zero-order valence-electron chi connectivity index (χ0n) is 8.41. The van der Waals surface area contributed by atoms with Crippen molar-refractivity contribution in [2.24, 2.45) is 0 Å². The fraction of sp³-hybridized carbons (Fsp3) is 0. The molecule has 2 N–H and O–H groups in total. The number of pyridine rings is 1. The largest absolute Gasteiger partial charge is 0.366 e. The SMILES string of the molecule is Nc1ncn(-c2ccnc3ccccc23)n1. The Morgan fingerprint density at radius 3 is 2.75 bits per heavy atom. The molecule has 3 rings (SSSR count). The molecule has 0 radical (unpaired) electrons. The van der Waals surface area contributed by atoms with E-state index >= 15 is 0 Å². The number of para-hydroxylation sites is 1. The number of benzene rings is 1. The Balaban J connectivity index is 2.31. The molecule has 0 aliphatic carbocycles.